The maximum absolute atomic E-state index is 2.44. The molecule has 1 aliphatic heterocycles. The first-order valence-electron chi connectivity index (χ1n) is 5.25. The highest BCUT2D eigenvalue weighted by Gasteiger charge is 2.26. The Morgan fingerprint density at radius 2 is 2.13 bits per heavy atom. The smallest absolute Gasteiger partial charge is 0.0522 e. The Morgan fingerprint density at radius 1 is 1.27 bits per heavy atom. The zero-order valence-corrected chi connectivity index (χ0v) is 9.50. The average molecular weight is 215 g/mol. The molecule has 15 heavy (non-hydrogen) atoms. The van der Waals surface area contributed by atoms with E-state index >= 15 is 0 Å². The topological polar surface area (TPSA) is 3.24 Å². The van der Waals surface area contributed by atoms with Gasteiger partial charge >= 0.3 is 0 Å². The number of benzene rings is 1. The highest BCUT2D eigenvalue weighted by Crippen LogP contribution is 2.38. The molecule has 1 aromatic heterocycles. The van der Waals surface area contributed by atoms with Crippen LogP contribution < -0.4 is 4.90 Å². The molecule has 1 atom stereocenters. The highest BCUT2D eigenvalue weighted by molar-refractivity contribution is 7.08. The van der Waals surface area contributed by atoms with Crippen LogP contribution in [-0.2, 0) is 6.42 Å². The number of rotatable bonds is 1. The molecule has 0 saturated heterocycles. The summed E-state index contributed by atoms with van der Waals surface area (Å²) in [6.45, 7) is 2.29. The van der Waals surface area contributed by atoms with E-state index in [4.69, 9.17) is 0 Å². The second-order valence-electron chi connectivity index (χ2n) is 4.03. The maximum Gasteiger partial charge on any atom is 0.0522 e. The summed E-state index contributed by atoms with van der Waals surface area (Å²) in [6.07, 6.45) is 1.16. The standard InChI is InChI=1S/C13H13NS/c1-10-8-11-4-2-3-5-13(11)14(10)12-6-7-15-9-12/h2-7,9-10H,8H2,1H3. The maximum atomic E-state index is 2.44. The predicted octanol–water partition coefficient (Wildman–Crippen LogP) is 3.83. The molecule has 0 spiro atoms. The van der Waals surface area contributed by atoms with Crippen molar-refractivity contribution in [2.24, 2.45) is 0 Å². The van der Waals surface area contributed by atoms with E-state index in [1.54, 1.807) is 11.3 Å². The van der Waals surface area contributed by atoms with E-state index in [2.05, 4.69) is 52.9 Å². The van der Waals surface area contributed by atoms with Gasteiger partial charge in [0.2, 0.25) is 0 Å². The first-order valence-corrected chi connectivity index (χ1v) is 6.20. The molecule has 0 aliphatic carbocycles. The third-order valence-corrected chi connectivity index (χ3v) is 3.66. The third kappa shape index (κ3) is 1.37. The van der Waals surface area contributed by atoms with Crippen LogP contribution in [0.25, 0.3) is 0 Å². The van der Waals surface area contributed by atoms with Gasteiger partial charge in [-0.15, -0.1) is 0 Å². The summed E-state index contributed by atoms with van der Waals surface area (Å²) in [6, 6.07) is 11.5. The van der Waals surface area contributed by atoms with E-state index < -0.39 is 0 Å². The molecule has 2 heteroatoms. The number of hydrogen-bond acceptors (Lipinski definition) is 2. The first kappa shape index (κ1) is 8.98. The third-order valence-electron chi connectivity index (χ3n) is 2.99. The van der Waals surface area contributed by atoms with Crippen molar-refractivity contribution >= 4 is 22.7 Å². The SMILES string of the molecule is CC1Cc2ccccc2N1c1ccsc1. The Labute approximate surface area is 94.0 Å². The van der Waals surface area contributed by atoms with Crippen LogP contribution in [-0.4, -0.2) is 6.04 Å². The lowest BCUT2D eigenvalue weighted by Gasteiger charge is -2.23. The van der Waals surface area contributed by atoms with E-state index in [-0.39, 0.29) is 0 Å². The van der Waals surface area contributed by atoms with Crippen molar-refractivity contribution in [3.05, 3.63) is 46.7 Å². The van der Waals surface area contributed by atoms with E-state index in [9.17, 15) is 0 Å². The summed E-state index contributed by atoms with van der Waals surface area (Å²) >= 11 is 1.76. The molecule has 0 radical (unpaired) electrons. The number of para-hydroxylation sites is 1. The lowest BCUT2D eigenvalue weighted by atomic mass is 10.1. The van der Waals surface area contributed by atoms with Crippen molar-refractivity contribution in [3.63, 3.8) is 0 Å². The Morgan fingerprint density at radius 3 is 2.93 bits per heavy atom. The normalized spacial score (nSPS) is 19.3. The zero-order chi connectivity index (χ0) is 10.3. The van der Waals surface area contributed by atoms with Gasteiger partial charge in [0.05, 0.1) is 5.69 Å². The summed E-state index contributed by atoms with van der Waals surface area (Å²) in [4.78, 5) is 2.44. The summed E-state index contributed by atoms with van der Waals surface area (Å²) in [7, 11) is 0. The van der Waals surface area contributed by atoms with E-state index in [1.165, 1.54) is 16.9 Å². The molecule has 0 bridgehead atoms. The summed E-state index contributed by atoms with van der Waals surface area (Å²) in [5.41, 5.74) is 4.18. The Kier molecular flexibility index (Phi) is 2.03. The van der Waals surface area contributed by atoms with Gasteiger partial charge in [-0.05, 0) is 36.4 Å². The van der Waals surface area contributed by atoms with Crippen LogP contribution in [0.15, 0.2) is 41.1 Å². The number of nitrogens with zero attached hydrogens (tertiary/aromatic N) is 1. The molecule has 2 heterocycles. The summed E-state index contributed by atoms with van der Waals surface area (Å²) in [5, 5.41) is 4.36. The van der Waals surface area contributed by atoms with E-state index in [1.807, 2.05) is 0 Å². The molecular weight excluding hydrogens is 202 g/mol. The van der Waals surface area contributed by atoms with Crippen LogP contribution in [0.2, 0.25) is 0 Å². The summed E-state index contributed by atoms with van der Waals surface area (Å²) in [5.74, 6) is 0. The molecule has 0 N–H and O–H groups in total. The van der Waals surface area contributed by atoms with Crippen molar-refractivity contribution in [2.75, 3.05) is 4.90 Å². The fraction of sp³-hybridized carbons (Fsp3) is 0.231. The van der Waals surface area contributed by atoms with Crippen LogP contribution in [0.4, 0.5) is 11.4 Å². The quantitative estimate of drug-likeness (QED) is 0.698. The first-order chi connectivity index (χ1) is 7.36. The van der Waals surface area contributed by atoms with Gasteiger partial charge in [-0.2, -0.15) is 11.3 Å². The minimum absolute atomic E-state index is 0.581. The van der Waals surface area contributed by atoms with Gasteiger partial charge in [-0.25, -0.2) is 0 Å². The van der Waals surface area contributed by atoms with Crippen LogP contribution >= 0.6 is 11.3 Å². The number of hydrogen-bond donors (Lipinski definition) is 0. The van der Waals surface area contributed by atoms with Gasteiger partial charge in [0, 0.05) is 17.1 Å². The minimum Gasteiger partial charge on any atom is -0.337 e. The molecule has 0 amide bonds. The number of thiophene rings is 1. The zero-order valence-electron chi connectivity index (χ0n) is 8.68. The van der Waals surface area contributed by atoms with E-state index in [0.717, 1.165) is 6.42 Å². The van der Waals surface area contributed by atoms with Gasteiger partial charge in [0.25, 0.3) is 0 Å². The molecule has 3 rings (SSSR count). The largest absolute Gasteiger partial charge is 0.337 e. The lowest BCUT2D eigenvalue weighted by molar-refractivity contribution is 0.760. The predicted molar refractivity (Wildman–Crippen MR) is 66.1 cm³/mol. The Balaban J connectivity index is 2.10. The van der Waals surface area contributed by atoms with Crippen molar-refractivity contribution < 1.29 is 0 Å². The Hall–Kier alpha value is -1.28. The van der Waals surface area contributed by atoms with Gasteiger partial charge in [-0.3, -0.25) is 0 Å². The number of anilines is 2. The lowest BCUT2D eigenvalue weighted by Crippen LogP contribution is -2.23. The molecule has 76 valence electrons. The van der Waals surface area contributed by atoms with Crippen LogP contribution in [0.1, 0.15) is 12.5 Å². The second-order valence-corrected chi connectivity index (χ2v) is 4.81. The second kappa shape index (κ2) is 3.38. The van der Waals surface area contributed by atoms with Crippen molar-refractivity contribution in [3.8, 4) is 0 Å². The van der Waals surface area contributed by atoms with Gasteiger partial charge < -0.3 is 4.90 Å². The van der Waals surface area contributed by atoms with Gasteiger partial charge in [0.15, 0.2) is 0 Å². The molecule has 0 fully saturated rings. The fourth-order valence-electron chi connectivity index (χ4n) is 2.35. The highest BCUT2D eigenvalue weighted by atomic mass is 32.1. The van der Waals surface area contributed by atoms with Gasteiger partial charge in [-0.1, -0.05) is 18.2 Å². The molecular formula is C13H13NS. The summed E-state index contributed by atoms with van der Waals surface area (Å²) < 4.78 is 0. The average Bonchev–Trinajstić information content (AvgIpc) is 2.82. The van der Waals surface area contributed by atoms with Crippen LogP contribution in [0, 0.1) is 0 Å². The molecule has 1 aromatic carbocycles. The monoisotopic (exact) mass is 215 g/mol. The van der Waals surface area contributed by atoms with E-state index in [0.29, 0.717) is 6.04 Å². The molecule has 1 nitrogen and oxygen atoms in total. The van der Waals surface area contributed by atoms with Crippen molar-refractivity contribution in [1.29, 1.82) is 0 Å². The fourth-order valence-corrected chi connectivity index (χ4v) is 2.98. The molecule has 0 saturated carbocycles. The number of fused-ring (bicyclic) bond motifs is 1. The van der Waals surface area contributed by atoms with Crippen LogP contribution in [0.5, 0.6) is 0 Å². The Bertz CT molecular complexity index is 461. The van der Waals surface area contributed by atoms with Crippen molar-refractivity contribution in [1.82, 2.24) is 0 Å². The van der Waals surface area contributed by atoms with Crippen LogP contribution in [0.3, 0.4) is 0 Å². The molecule has 1 unspecified atom stereocenters. The van der Waals surface area contributed by atoms with Crippen molar-refractivity contribution in [2.45, 2.75) is 19.4 Å². The molecule has 2 aromatic rings. The molecule has 1 aliphatic rings. The minimum atomic E-state index is 0.581. The van der Waals surface area contributed by atoms with Gasteiger partial charge in [0.1, 0.15) is 0 Å².